The van der Waals surface area contributed by atoms with E-state index < -0.39 is 0 Å². The lowest BCUT2D eigenvalue weighted by Crippen LogP contribution is -2.41. The van der Waals surface area contributed by atoms with Crippen molar-refractivity contribution in [2.24, 2.45) is 11.3 Å². The molecule has 1 fully saturated rings. The summed E-state index contributed by atoms with van der Waals surface area (Å²) < 4.78 is 0. The Hall–Kier alpha value is -0.0800. The maximum Gasteiger partial charge on any atom is 0.00966 e. The molecule has 0 saturated carbocycles. The molecule has 1 unspecified atom stereocenters. The monoisotopic (exact) mass is 254 g/mol. The molecule has 1 aliphatic rings. The van der Waals surface area contributed by atoms with E-state index in [4.69, 9.17) is 0 Å². The van der Waals surface area contributed by atoms with Crippen LogP contribution in [-0.4, -0.2) is 36.6 Å². The molecule has 1 heterocycles. The molecule has 2 nitrogen and oxygen atoms in total. The van der Waals surface area contributed by atoms with E-state index in [1.807, 2.05) is 0 Å². The number of nitrogens with zero attached hydrogens (tertiary/aromatic N) is 1. The summed E-state index contributed by atoms with van der Waals surface area (Å²) in [5, 5.41) is 3.62. The van der Waals surface area contributed by atoms with Gasteiger partial charge in [-0.3, -0.25) is 0 Å². The molecule has 2 heteroatoms. The molecule has 0 amide bonds. The predicted molar refractivity (Wildman–Crippen MR) is 81.0 cm³/mol. The van der Waals surface area contributed by atoms with Crippen LogP contribution in [0.25, 0.3) is 0 Å². The Morgan fingerprint density at radius 2 is 1.83 bits per heavy atom. The molecule has 108 valence electrons. The van der Waals surface area contributed by atoms with Gasteiger partial charge in [-0.2, -0.15) is 0 Å². The number of hydrogen-bond acceptors (Lipinski definition) is 2. The molecule has 1 saturated heterocycles. The Morgan fingerprint density at radius 1 is 1.17 bits per heavy atom. The third-order valence-corrected chi connectivity index (χ3v) is 3.98. The van der Waals surface area contributed by atoms with Gasteiger partial charge in [0.15, 0.2) is 0 Å². The van der Waals surface area contributed by atoms with Gasteiger partial charge in [0.25, 0.3) is 0 Å². The first-order valence-corrected chi connectivity index (χ1v) is 7.65. The molecule has 0 aromatic carbocycles. The molecule has 0 radical (unpaired) electrons. The van der Waals surface area contributed by atoms with Crippen LogP contribution in [0.1, 0.15) is 60.8 Å². The zero-order chi connectivity index (χ0) is 13.8. The van der Waals surface area contributed by atoms with E-state index in [1.54, 1.807) is 0 Å². The Kier molecular flexibility index (Phi) is 5.67. The average Bonchev–Trinajstić information content (AvgIpc) is 2.37. The molecule has 1 N–H and O–H groups in total. The summed E-state index contributed by atoms with van der Waals surface area (Å²) in [6, 6.07) is 0. The first-order chi connectivity index (χ1) is 8.18. The van der Waals surface area contributed by atoms with Crippen molar-refractivity contribution in [3.63, 3.8) is 0 Å². The molecule has 1 aliphatic heterocycles. The average molecular weight is 254 g/mol. The highest BCUT2D eigenvalue weighted by atomic mass is 15.1. The van der Waals surface area contributed by atoms with E-state index in [1.165, 1.54) is 38.9 Å². The normalized spacial score (nSPS) is 23.7. The van der Waals surface area contributed by atoms with Crippen LogP contribution in [0.5, 0.6) is 0 Å². The second-order valence-corrected chi connectivity index (χ2v) is 8.05. The number of likely N-dealkylation sites (tertiary alicyclic amines) is 1. The molecule has 0 spiro atoms. The molecule has 0 aromatic rings. The quantitative estimate of drug-likeness (QED) is 0.826. The summed E-state index contributed by atoms with van der Waals surface area (Å²) in [6.45, 7) is 18.9. The van der Waals surface area contributed by atoms with Crippen LogP contribution < -0.4 is 5.32 Å². The first-order valence-electron chi connectivity index (χ1n) is 7.65. The molecule has 0 aliphatic carbocycles. The minimum absolute atomic E-state index is 0.245. The van der Waals surface area contributed by atoms with Crippen molar-refractivity contribution in [1.82, 2.24) is 10.2 Å². The lowest BCUT2D eigenvalue weighted by Gasteiger charge is -2.28. The lowest BCUT2D eigenvalue weighted by molar-refractivity contribution is 0.224. The van der Waals surface area contributed by atoms with Gasteiger partial charge in [-0.1, -0.05) is 20.8 Å². The van der Waals surface area contributed by atoms with Gasteiger partial charge in [0, 0.05) is 12.1 Å². The highest BCUT2D eigenvalue weighted by Gasteiger charge is 2.23. The lowest BCUT2D eigenvalue weighted by atomic mass is 9.85. The summed E-state index contributed by atoms with van der Waals surface area (Å²) in [5.41, 5.74) is 0.802. The summed E-state index contributed by atoms with van der Waals surface area (Å²) in [6.07, 6.45) is 4.11. The van der Waals surface area contributed by atoms with Crippen molar-refractivity contribution in [3.05, 3.63) is 0 Å². The van der Waals surface area contributed by atoms with Gasteiger partial charge >= 0.3 is 0 Å². The minimum Gasteiger partial charge on any atom is -0.312 e. The smallest absolute Gasteiger partial charge is 0.00966 e. The molecule has 1 rings (SSSR count). The Morgan fingerprint density at radius 3 is 2.44 bits per heavy atom. The zero-order valence-corrected chi connectivity index (χ0v) is 13.5. The SMILES string of the molecule is CC(CNC(C)(C)C)CN1CCCC(C)(C)CC1. The molecular formula is C16H34N2. The van der Waals surface area contributed by atoms with E-state index >= 15 is 0 Å². The standard InChI is InChI=1S/C16H34N2/c1-14(12-17-15(2,3)4)13-18-10-7-8-16(5,6)9-11-18/h14,17H,7-13H2,1-6H3. The van der Waals surface area contributed by atoms with Crippen LogP contribution in [0, 0.1) is 11.3 Å². The Labute approximate surface area is 115 Å². The van der Waals surface area contributed by atoms with Gasteiger partial charge < -0.3 is 10.2 Å². The van der Waals surface area contributed by atoms with Gasteiger partial charge in [0.2, 0.25) is 0 Å². The minimum atomic E-state index is 0.245. The summed E-state index contributed by atoms with van der Waals surface area (Å²) in [7, 11) is 0. The molecule has 1 atom stereocenters. The Balaban J connectivity index is 2.29. The maximum absolute atomic E-state index is 3.62. The van der Waals surface area contributed by atoms with Gasteiger partial charge in [-0.15, -0.1) is 0 Å². The van der Waals surface area contributed by atoms with E-state index in [2.05, 4.69) is 51.8 Å². The van der Waals surface area contributed by atoms with Crippen molar-refractivity contribution >= 4 is 0 Å². The zero-order valence-electron chi connectivity index (χ0n) is 13.5. The van der Waals surface area contributed by atoms with Gasteiger partial charge in [0.05, 0.1) is 0 Å². The fraction of sp³-hybridized carbons (Fsp3) is 1.00. The number of nitrogens with one attached hydrogen (secondary N) is 1. The van der Waals surface area contributed by atoms with Gasteiger partial charge in [-0.25, -0.2) is 0 Å². The first kappa shape index (κ1) is 16.0. The van der Waals surface area contributed by atoms with Crippen LogP contribution in [0.15, 0.2) is 0 Å². The second kappa shape index (κ2) is 6.38. The highest BCUT2D eigenvalue weighted by molar-refractivity contribution is 4.78. The third-order valence-electron chi connectivity index (χ3n) is 3.98. The van der Waals surface area contributed by atoms with E-state index in [0.29, 0.717) is 5.41 Å². The van der Waals surface area contributed by atoms with E-state index in [9.17, 15) is 0 Å². The third kappa shape index (κ3) is 6.75. The van der Waals surface area contributed by atoms with Gasteiger partial charge in [0.1, 0.15) is 0 Å². The van der Waals surface area contributed by atoms with Crippen molar-refractivity contribution in [3.8, 4) is 0 Å². The van der Waals surface area contributed by atoms with Crippen LogP contribution in [0.4, 0.5) is 0 Å². The maximum atomic E-state index is 3.62. The fourth-order valence-electron chi connectivity index (χ4n) is 2.65. The van der Waals surface area contributed by atoms with E-state index in [-0.39, 0.29) is 5.54 Å². The molecule has 18 heavy (non-hydrogen) atoms. The summed E-state index contributed by atoms with van der Waals surface area (Å²) >= 11 is 0. The van der Waals surface area contributed by atoms with Crippen LogP contribution in [0.3, 0.4) is 0 Å². The van der Waals surface area contributed by atoms with Crippen molar-refractivity contribution < 1.29 is 0 Å². The molecule has 0 bridgehead atoms. The second-order valence-electron chi connectivity index (χ2n) is 8.05. The van der Waals surface area contributed by atoms with E-state index in [0.717, 1.165) is 12.5 Å². The van der Waals surface area contributed by atoms with Crippen LogP contribution in [-0.2, 0) is 0 Å². The molecular weight excluding hydrogens is 220 g/mol. The van der Waals surface area contributed by atoms with Crippen molar-refractivity contribution in [2.75, 3.05) is 26.2 Å². The van der Waals surface area contributed by atoms with Gasteiger partial charge in [-0.05, 0) is 71.0 Å². The summed E-state index contributed by atoms with van der Waals surface area (Å²) in [5.74, 6) is 0.741. The fourth-order valence-corrected chi connectivity index (χ4v) is 2.65. The Bertz CT molecular complexity index is 240. The van der Waals surface area contributed by atoms with Crippen LogP contribution >= 0.6 is 0 Å². The number of hydrogen-bond donors (Lipinski definition) is 1. The topological polar surface area (TPSA) is 15.3 Å². The predicted octanol–water partition coefficient (Wildman–Crippen LogP) is 3.52. The van der Waals surface area contributed by atoms with Crippen molar-refractivity contribution in [2.45, 2.75) is 66.3 Å². The largest absolute Gasteiger partial charge is 0.312 e. The van der Waals surface area contributed by atoms with Crippen molar-refractivity contribution in [1.29, 1.82) is 0 Å². The summed E-state index contributed by atoms with van der Waals surface area (Å²) in [4.78, 5) is 2.67. The molecule has 0 aromatic heterocycles. The number of rotatable bonds is 4. The highest BCUT2D eigenvalue weighted by Crippen LogP contribution is 2.29. The van der Waals surface area contributed by atoms with Crippen LogP contribution in [0.2, 0.25) is 0 Å².